The molecule has 1 N–H and O–H groups in total. The Bertz CT molecular complexity index is 911. The average Bonchev–Trinajstić information content (AvgIpc) is 2.67. The lowest BCUT2D eigenvalue weighted by molar-refractivity contribution is -0.123. The fourth-order valence-electron chi connectivity index (χ4n) is 2.39. The molecule has 0 unspecified atom stereocenters. The lowest BCUT2D eigenvalue weighted by Gasteiger charge is -2.10. The fourth-order valence-corrected chi connectivity index (χ4v) is 2.81. The third-order valence-electron chi connectivity index (χ3n) is 3.58. The van der Waals surface area contributed by atoms with E-state index < -0.39 is 0 Å². The van der Waals surface area contributed by atoms with Crippen LogP contribution in [0.25, 0.3) is 11.1 Å². The van der Waals surface area contributed by atoms with E-state index in [4.69, 9.17) is 4.74 Å². The van der Waals surface area contributed by atoms with E-state index in [-0.39, 0.29) is 12.5 Å². The van der Waals surface area contributed by atoms with Crippen molar-refractivity contribution < 1.29 is 9.53 Å². The third kappa shape index (κ3) is 5.04. The molecule has 3 rings (SSSR count). The fraction of sp³-hybridized carbons (Fsp3) is 0.0476. The van der Waals surface area contributed by atoms with E-state index in [9.17, 15) is 4.79 Å². The summed E-state index contributed by atoms with van der Waals surface area (Å²) >= 11 is 3.39. The quantitative estimate of drug-likeness (QED) is 0.476. The molecule has 0 heterocycles. The summed E-state index contributed by atoms with van der Waals surface area (Å²) in [6, 6.07) is 25.2. The standard InChI is InChI=1S/C21H17BrN2O2/c22-18-10-6-7-16(13-18)14-23-24-21(25)15-26-20-12-5-4-11-19(20)17-8-2-1-3-9-17/h1-14H,15H2,(H,24,25)/b23-14+. The summed E-state index contributed by atoms with van der Waals surface area (Å²) in [4.78, 5) is 12.0. The molecule has 0 spiro atoms. The number of hydrogen-bond acceptors (Lipinski definition) is 3. The van der Waals surface area contributed by atoms with Crippen molar-refractivity contribution in [1.29, 1.82) is 0 Å². The van der Waals surface area contributed by atoms with Crippen LogP contribution in [0.5, 0.6) is 5.75 Å². The highest BCUT2D eigenvalue weighted by Crippen LogP contribution is 2.29. The minimum absolute atomic E-state index is 0.111. The van der Waals surface area contributed by atoms with Gasteiger partial charge in [-0.05, 0) is 29.3 Å². The van der Waals surface area contributed by atoms with Gasteiger partial charge in [0.2, 0.25) is 0 Å². The Morgan fingerprint density at radius 2 is 1.77 bits per heavy atom. The van der Waals surface area contributed by atoms with Gasteiger partial charge in [0.25, 0.3) is 5.91 Å². The molecule has 1 amide bonds. The number of carbonyl (C=O) groups excluding carboxylic acids is 1. The van der Waals surface area contributed by atoms with Gasteiger partial charge in [0, 0.05) is 10.0 Å². The number of amides is 1. The summed E-state index contributed by atoms with van der Waals surface area (Å²) < 4.78 is 6.63. The number of ether oxygens (including phenoxy) is 1. The number of hydrogen-bond donors (Lipinski definition) is 1. The van der Waals surface area contributed by atoms with Crippen LogP contribution in [-0.2, 0) is 4.79 Å². The van der Waals surface area contributed by atoms with Gasteiger partial charge in [-0.1, -0.05) is 76.6 Å². The number of hydrazone groups is 1. The van der Waals surface area contributed by atoms with Crippen molar-refractivity contribution >= 4 is 28.1 Å². The maximum absolute atomic E-state index is 12.0. The van der Waals surface area contributed by atoms with Gasteiger partial charge >= 0.3 is 0 Å². The van der Waals surface area contributed by atoms with Crippen LogP contribution in [0, 0.1) is 0 Å². The number of carbonyl (C=O) groups is 1. The molecular formula is C21H17BrN2O2. The molecule has 0 aromatic heterocycles. The molecule has 0 saturated heterocycles. The molecule has 4 nitrogen and oxygen atoms in total. The summed E-state index contributed by atoms with van der Waals surface area (Å²) in [6.07, 6.45) is 1.58. The minimum Gasteiger partial charge on any atom is -0.483 e. The van der Waals surface area contributed by atoms with Crippen molar-refractivity contribution in [2.24, 2.45) is 5.10 Å². The Labute approximate surface area is 160 Å². The SMILES string of the molecule is O=C(COc1ccccc1-c1ccccc1)N/N=C/c1cccc(Br)c1. The first-order valence-corrected chi connectivity index (χ1v) is 8.86. The van der Waals surface area contributed by atoms with Crippen molar-refractivity contribution in [2.75, 3.05) is 6.61 Å². The van der Waals surface area contributed by atoms with Crippen LogP contribution in [0.1, 0.15) is 5.56 Å². The van der Waals surface area contributed by atoms with E-state index in [1.165, 1.54) is 0 Å². The monoisotopic (exact) mass is 408 g/mol. The Morgan fingerprint density at radius 3 is 2.58 bits per heavy atom. The van der Waals surface area contributed by atoms with Crippen LogP contribution in [0.15, 0.2) is 88.4 Å². The van der Waals surface area contributed by atoms with Crippen molar-refractivity contribution in [1.82, 2.24) is 5.43 Å². The zero-order valence-electron chi connectivity index (χ0n) is 13.9. The first-order chi connectivity index (χ1) is 12.7. The molecule has 0 fully saturated rings. The average molecular weight is 409 g/mol. The van der Waals surface area contributed by atoms with Crippen LogP contribution in [0.2, 0.25) is 0 Å². The molecule has 5 heteroatoms. The van der Waals surface area contributed by atoms with E-state index in [2.05, 4.69) is 26.5 Å². The van der Waals surface area contributed by atoms with E-state index in [0.717, 1.165) is 21.2 Å². The number of benzene rings is 3. The van der Waals surface area contributed by atoms with Gasteiger partial charge < -0.3 is 4.74 Å². The summed E-state index contributed by atoms with van der Waals surface area (Å²) in [7, 11) is 0. The predicted octanol–water partition coefficient (Wildman–Crippen LogP) is 4.65. The molecule has 0 bridgehead atoms. The first-order valence-electron chi connectivity index (χ1n) is 8.07. The number of rotatable bonds is 6. The van der Waals surface area contributed by atoms with Crippen molar-refractivity contribution in [3.05, 3.63) is 88.9 Å². The van der Waals surface area contributed by atoms with Gasteiger partial charge in [0.15, 0.2) is 6.61 Å². The zero-order chi connectivity index (χ0) is 18.2. The normalized spacial score (nSPS) is 10.7. The van der Waals surface area contributed by atoms with E-state index in [1.807, 2.05) is 78.9 Å². The summed E-state index contributed by atoms with van der Waals surface area (Å²) in [5, 5.41) is 3.95. The maximum atomic E-state index is 12.0. The summed E-state index contributed by atoms with van der Waals surface area (Å²) in [6.45, 7) is -0.111. The molecule has 3 aromatic carbocycles. The van der Waals surface area contributed by atoms with Gasteiger partial charge in [-0.2, -0.15) is 5.10 Å². The number of nitrogens with zero attached hydrogens (tertiary/aromatic N) is 1. The first kappa shape index (κ1) is 17.9. The Morgan fingerprint density at radius 1 is 1.00 bits per heavy atom. The van der Waals surface area contributed by atoms with E-state index in [0.29, 0.717) is 5.75 Å². The van der Waals surface area contributed by atoms with Crippen LogP contribution in [-0.4, -0.2) is 18.7 Å². The third-order valence-corrected chi connectivity index (χ3v) is 4.08. The molecule has 0 aliphatic carbocycles. The molecule has 0 aliphatic rings. The van der Waals surface area contributed by atoms with Crippen LogP contribution in [0.4, 0.5) is 0 Å². The van der Waals surface area contributed by atoms with Gasteiger partial charge in [-0.3, -0.25) is 4.79 Å². The topological polar surface area (TPSA) is 50.7 Å². The molecule has 0 saturated carbocycles. The number of para-hydroxylation sites is 1. The zero-order valence-corrected chi connectivity index (χ0v) is 15.5. The highest BCUT2D eigenvalue weighted by atomic mass is 79.9. The summed E-state index contributed by atoms with van der Waals surface area (Å²) in [5.74, 6) is 0.337. The minimum atomic E-state index is -0.320. The van der Waals surface area contributed by atoms with Crippen LogP contribution >= 0.6 is 15.9 Å². The molecule has 0 radical (unpaired) electrons. The van der Waals surface area contributed by atoms with Crippen LogP contribution in [0.3, 0.4) is 0 Å². The Kier molecular flexibility index (Phi) is 6.17. The molecule has 130 valence electrons. The molecular weight excluding hydrogens is 392 g/mol. The highest BCUT2D eigenvalue weighted by molar-refractivity contribution is 9.10. The van der Waals surface area contributed by atoms with Gasteiger partial charge in [-0.25, -0.2) is 5.43 Å². The van der Waals surface area contributed by atoms with Crippen molar-refractivity contribution in [3.63, 3.8) is 0 Å². The van der Waals surface area contributed by atoms with Gasteiger partial charge in [0.1, 0.15) is 5.75 Å². The molecule has 26 heavy (non-hydrogen) atoms. The summed E-state index contributed by atoms with van der Waals surface area (Å²) in [5.41, 5.74) is 5.34. The van der Waals surface area contributed by atoms with Gasteiger partial charge in [0.05, 0.1) is 6.21 Å². The Balaban J connectivity index is 1.58. The van der Waals surface area contributed by atoms with Gasteiger partial charge in [-0.15, -0.1) is 0 Å². The Hall–Kier alpha value is -2.92. The second kappa shape index (κ2) is 8.97. The lowest BCUT2D eigenvalue weighted by atomic mass is 10.1. The molecule has 3 aromatic rings. The van der Waals surface area contributed by atoms with Crippen molar-refractivity contribution in [3.8, 4) is 16.9 Å². The van der Waals surface area contributed by atoms with Crippen LogP contribution < -0.4 is 10.2 Å². The van der Waals surface area contributed by atoms with E-state index >= 15 is 0 Å². The van der Waals surface area contributed by atoms with E-state index in [1.54, 1.807) is 6.21 Å². The molecule has 0 atom stereocenters. The van der Waals surface area contributed by atoms with Crippen molar-refractivity contribution in [2.45, 2.75) is 0 Å². The number of halogens is 1. The maximum Gasteiger partial charge on any atom is 0.277 e. The highest BCUT2D eigenvalue weighted by Gasteiger charge is 2.07. The largest absolute Gasteiger partial charge is 0.483 e. The predicted molar refractivity (Wildman–Crippen MR) is 107 cm³/mol. The molecule has 0 aliphatic heterocycles. The second-order valence-electron chi connectivity index (χ2n) is 5.50. The second-order valence-corrected chi connectivity index (χ2v) is 6.41. The smallest absolute Gasteiger partial charge is 0.277 e. The number of nitrogens with one attached hydrogen (secondary N) is 1. The lowest BCUT2D eigenvalue weighted by Crippen LogP contribution is -2.24.